The van der Waals surface area contributed by atoms with Gasteiger partial charge in [0.25, 0.3) is 0 Å². The van der Waals surface area contributed by atoms with Gasteiger partial charge in [-0.25, -0.2) is 18.7 Å². The van der Waals surface area contributed by atoms with Crippen molar-refractivity contribution in [3.05, 3.63) is 40.2 Å². The second-order valence-corrected chi connectivity index (χ2v) is 7.60. The van der Waals surface area contributed by atoms with Crippen LogP contribution in [0.4, 0.5) is 14.6 Å². The number of benzene rings is 1. The van der Waals surface area contributed by atoms with Crippen LogP contribution in [0.5, 0.6) is 0 Å². The first-order valence-corrected chi connectivity index (χ1v) is 9.77. The van der Waals surface area contributed by atoms with Crippen molar-refractivity contribution in [1.82, 2.24) is 14.9 Å². The maximum atomic E-state index is 14.4. The van der Waals surface area contributed by atoms with Crippen molar-refractivity contribution in [2.45, 2.75) is 0 Å². The molecule has 0 spiro atoms. The number of hydrogen-bond acceptors (Lipinski definition) is 6. The molecule has 3 aromatic rings. The molecule has 1 N–H and O–H groups in total. The zero-order chi connectivity index (χ0) is 19.8. The minimum absolute atomic E-state index is 0.0645. The summed E-state index contributed by atoms with van der Waals surface area (Å²) in [6.07, 6.45) is 0. The van der Waals surface area contributed by atoms with Gasteiger partial charge in [0, 0.05) is 26.2 Å². The van der Waals surface area contributed by atoms with Gasteiger partial charge in [-0.3, -0.25) is 4.79 Å². The smallest absolute Gasteiger partial charge is 0.248 e. The number of piperazine rings is 1. The Bertz CT molecular complexity index is 1050. The van der Waals surface area contributed by atoms with Gasteiger partial charge in [0.15, 0.2) is 11.6 Å². The molecule has 0 saturated carbocycles. The van der Waals surface area contributed by atoms with E-state index in [2.05, 4.69) is 9.97 Å². The minimum atomic E-state index is -0.746. The van der Waals surface area contributed by atoms with E-state index in [1.165, 1.54) is 11.3 Å². The highest BCUT2D eigenvalue weighted by Crippen LogP contribution is 2.33. The number of aliphatic hydroxyl groups is 1. The van der Waals surface area contributed by atoms with Crippen LogP contribution in [-0.2, 0) is 4.79 Å². The van der Waals surface area contributed by atoms with Crippen LogP contribution >= 0.6 is 22.9 Å². The van der Waals surface area contributed by atoms with Crippen LogP contribution < -0.4 is 4.90 Å². The Hall–Kier alpha value is -2.36. The first-order valence-electron chi connectivity index (χ1n) is 8.51. The monoisotopic (exact) mass is 424 g/mol. The molecular weight excluding hydrogens is 410 g/mol. The van der Waals surface area contributed by atoms with Gasteiger partial charge in [0.1, 0.15) is 18.2 Å². The van der Waals surface area contributed by atoms with E-state index in [4.69, 9.17) is 16.7 Å². The average molecular weight is 425 g/mol. The highest BCUT2D eigenvalue weighted by molar-refractivity contribution is 7.17. The van der Waals surface area contributed by atoms with E-state index in [0.717, 1.165) is 16.8 Å². The third kappa shape index (κ3) is 3.41. The van der Waals surface area contributed by atoms with Gasteiger partial charge in [-0.05, 0) is 23.6 Å². The lowest BCUT2D eigenvalue weighted by atomic mass is 10.2. The van der Waals surface area contributed by atoms with E-state index in [1.807, 2.05) is 10.3 Å². The quantitative estimate of drug-likeness (QED) is 0.655. The van der Waals surface area contributed by atoms with Gasteiger partial charge in [0.05, 0.1) is 20.8 Å². The van der Waals surface area contributed by atoms with Crippen LogP contribution in [0.25, 0.3) is 21.6 Å². The Morgan fingerprint density at radius 3 is 2.64 bits per heavy atom. The van der Waals surface area contributed by atoms with Crippen LogP contribution in [-0.4, -0.2) is 58.7 Å². The Kier molecular flexibility index (Phi) is 5.13. The van der Waals surface area contributed by atoms with Crippen molar-refractivity contribution in [1.29, 1.82) is 0 Å². The van der Waals surface area contributed by atoms with Crippen LogP contribution in [0.2, 0.25) is 5.02 Å². The number of nitrogens with zero attached hydrogens (tertiary/aromatic N) is 4. The Balaban J connectivity index is 1.73. The molecule has 1 aliphatic heterocycles. The molecule has 1 aliphatic rings. The first kappa shape index (κ1) is 19.0. The van der Waals surface area contributed by atoms with Crippen molar-refractivity contribution in [3.8, 4) is 11.4 Å². The zero-order valence-corrected chi connectivity index (χ0v) is 16.1. The Morgan fingerprint density at radius 1 is 1.18 bits per heavy atom. The van der Waals surface area contributed by atoms with E-state index in [1.54, 1.807) is 11.0 Å². The second-order valence-electron chi connectivity index (χ2n) is 6.28. The Morgan fingerprint density at radius 2 is 1.93 bits per heavy atom. The van der Waals surface area contributed by atoms with Crippen molar-refractivity contribution < 1.29 is 18.7 Å². The minimum Gasteiger partial charge on any atom is -0.387 e. The van der Waals surface area contributed by atoms with E-state index < -0.39 is 18.2 Å². The van der Waals surface area contributed by atoms with Crippen molar-refractivity contribution >= 4 is 44.9 Å². The molecular formula is C18H15ClF2N4O2S. The topological polar surface area (TPSA) is 69.6 Å². The molecule has 0 aliphatic carbocycles. The van der Waals surface area contributed by atoms with E-state index >= 15 is 0 Å². The maximum Gasteiger partial charge on any atom is 0.248 e. The lowest BCUT2D eigenvalue weighted by Crippen LogP contribution is -2.49. The lowest BCUT2D eigenvalue weighted by Gasteiger charge is -2.35. The summed E-state index contributed by atoms with van der Waals surface area (Å²) in [4.78, 5) is 24.1. The average Bonchev–Trinajstić information content (AvgIpc) is 3.18. The number of thiophene rings is 1. The summed E-state index contributed by atoms with van der Waals surface area (Å²) in [5.74, 6) is -1.08. The van der Waals surface area contributed by atoms with E-state index in [0.29, 0.717) is 37.5 Å². The fraction of sp³-hybridized carbons (Fsp3) is 0.278. The number of amides is 1. The third-order valence-corrected chi connectivity index (χ3v) is 5.79. The molecule has 3 heterocycles. The summed E-state index contributed by atoms with van der Waals surface area (Å²) in [5.41, 5.74) is 0.568. The predicted molar refractivity (Wildman–Crippen MR) is 104 cm³/mol. The number of rotatable bonds is 3. The molecule has 28 heavy (non-hydrogen) atoms. The standard InChI is InChI=1S/C18H15ClF2N4O2S/c19-11-8-12(20)10(7-13(11)21)17-22-14-1-6-28-16(14)18(23-17)25-4-2-24(3-5-25)15(27)9-26/h1,6-8,26H,2-5,9H2. The molecule has 1 saturated heterocycles. The fourth-order valence-electron chi connectivity index (χ4n) is 3.14. The second kappa shape index (κ2) is 7.57. The van der Waals surface area contributed by atoms with Gasteiger partial charge in [0.2, 0.25) is 5.91 Å². The molecule has 1 amide bonds. The van der Waals surface area contributed by atoms with Crippen molar-refractivity contribution in [2.75, 3.05) is 37.7 Å². The van der Waals surface area contributed by atoms with E-state index in [9.17, 15) is 13.6 Å². The lowest BCUT2D eigenvalue weighted by molar-refractivity contribution is -0.134. The first-order chi connectivity index (χ1) is 13.5. The number of aromatic nitrogens is 2. The summed E-state index contributed by atoms with van der Waals surface area (Å²) in [6, 6.07) is 3.70. The molecule has 0 unspecified atom stereocenters. The molecule has 1 aromatic carbocycles. The summed E-state index contributed by atoms with van der Waals surface area (Å²) in [5, 5.41) is 10.6. The van der Waals surface area contributed by atoms with Gasteiger partial charge in [-0.1, -0.05) is 11.6 Å². The highest BCUT2D eigenvalue weighted by Gasteiger charge is 2.24. The summed E-state index contributed by atoms with van der Waals surface area (Å²) in [7, 11) is 0. The van der Waals surface area contributed by atoms with Crippen molar-refractivity contribution in [3.63, 3.8) is 0 Å². The predicted octanol–water partition coefficient (Wildman–Crippen LogP) is 2.93. The van der Waals surface area contributed by atoms with Crippen LogP contribution in [0, 0.1) is 11.6 Å². The molecule has 0 bridgehead atoms. The highest BCUT2D eigenvalue weighted by atomic mass is 35.5. The molecule has 2 aromatic heterocycles. The molecule has 6 nitrogen and oxygen atoms in total. The molecule has 0 atom stereocenters. The molecule has 146 valence electrons. The summed E-state index contributed by atoms with van der Waals surface area (Å²) < 4.78 is 29.1. The number of aliphatic hydroxyl groups excluding tert-OH is 1. The van der Waals surface area contributed by atoms with Crippen molar-refractivity contribution in [2.24, 2.45) is 0 Å². The zero-order valence-electron chi connectivity index (χ0n) is 14.5. The van der Waals surface area contributed by atoms with Gasteiger partial charge >= 0.3 is 0 Å². The largest absolute Gasteiger partial charge is 0.387 e. The van der Waals surface area contributed by atoms with Gasteiger partial charge in [-0.2, -0.15) is 0 Å². The van der Waals surface area contributed by atoms with Gasteiger partial charge < -0.3 is 14.9 Å². The molecule has 10 heteroatoms. The van der Waals surface area contributed by atoms with Crippen LogP contribution in [0.3, 0.4) is 0 Å². The third-order valence-electron chi connectivity index (χ3n) is 4.60. The van der Waals surface area contributed by atoms with Crippen LogP contribution in [0.15, 0.2) is 23.6 Å². The maximum absolute atomic E-state index is 14.4. The molecule has 0 radical (unpaired) electrons. The number of carbonyl (C=O) groups is 1. The fourth-order valence-corrected chi connectivity index (χ4v) is 4.14. The van der Waals surface area contributed by atoms with E-state index in [-0.39, 0.29) is 22.3 Å². The Labute approximate surface area is 168 Å². The summed E-state index contributed by atoms with van der Waals surface area (Å²) >= 11 is 7.10. The number of fused-ring (bicyclic) bond motifs is 1. The molecule has 4 rings (SSSR count). The SMILES string of the molecule is O=C(CO)N1CCN(c2nc(-c3cc(F)c(Cl)cc3F)nc3ccsc23)CC1. The van der Waals surface area contributed by atoms with Crippen LogP contribution in [0.1, 0.15) is 0 Å². The summed E-state index contributed by atoms with van der Waals surface area (Å²) in [6.45, 7) is 1.37. The molecule has 1 fully saturated rings. The normalized spacial score (nSPS) is 14.7. The number of hydrogen-bond donors (Lipinski definition) is 1. The number of halogens is 3. The number of carbonyl (C=O) groups excluding carboxylic acids is 1. The van der Waals surface area contributed by atoms with Gasteiger partial charge in [-0.15, -0.1) is 11.3 Å². The number of anilines is 1.